The van der Waals surface area contributed by atoms with Crippen LogP contribution in [0.2, 0.25) is 0 Å². The van der Waals surface area contributed by atoms with Crippen molar-refractivity contribution in [1.29, 1.82) is 0 Å². The first-order valence-electron chi connectivity index (χ1n) is 7.78. The van der Waals surface area contributed by atoms with E-state index in [1.807, 2.05) is 25.1 Å². The zero-order valence-corrected chi connectivity index (χ0v) is 14.0. The number of carbonyl (C=O) groups excluding carboxylic acids is 1. The van der Waals surface area contributed by atoms with E-state index in [1.165, 1.54) is 0 Å². The van der Waals surface area contributed by atoms with E-state index in [9.17, 15) is 4.79 Å². The minimum Gasteiger partial charge on any atom is -0.384 e. The van der Waals surface area contributed by atoms with Crippen LogP contribution >= 0.6 is 0 Å². The van der Waals surface area contributed by atoms with Gasteiger partial charge < -0.3 is 15.5 Å². The van der Waals surface area contributed by atoms with Crippen LogP contribution in [0, 0.1) is 6.92 Å². The molecule has 4 heteroatoms. The van der Waals surface area contributed by atoms with Crippen LogP contribution < -0.4 is 10.6 Å². The minimum atomic E-state index is -0.00513. The summed E-state index contributed by atoms with van der Waals surface area (Å²) in [6.07, 6.45) is 1.04. The molecule has 0 spiro atoms. The van der Waals surface area contributed by atoms with E-state index in [1.54, 1.807) is 0 Å². The van der Waals surface area contributed by atoms with Crippen LogP contribution in [0.3, 0.4) is 0 Å². The van der Waals surface area contributed by atoms with Gasteiger partial charge >= 0.3 is 0 Å². The molecule has 1 aromatic rings. The number of nitrogens with one attached hydrogen (secondary N) is 2. The maximum absolute atomic E-state index is 12.4. The molecule has 0 atom stereocenters. The molecule has 1 rings (SSSR count). The Morgan fingerprint density at radius 3 is 2.62 bits per heavy atom. The SMILES string of the molecule is CCCNc1ccc(C)cc1C(=O)NCCN(C)C(C)C. The van der Waals surface area contributed by atoms with Gasteiger partial charge in [-0.2, -0.15) is 0 Å². The standard InChI is InChI=1S/C17H29N3O/c1-6-9-18-16-8-7-14(4)12-15(16)17(21)19-10-11-20(5)13(2)3/h7-8,12-13,18H,6,9-11H2,1-5H3,(H,19,21). The summed E-state index contributed by atoms with van der Waals surface area (Å²) in [6.45, 7) is 10.8. The summed E-state index contributed by atoms with van der Waals surface area (Å²) in [5.41, 5.74) is 2.74. The highest BCUT2D eigenvalue weighted by molar-refractivity contribution is 5.99. The Balaban J connectivity index is 2.65. The Kier molecular flexibility index (Phi) is 7.23. The fourth-order valence-corrected chi connectivity index (χ4v) is 1.96. The Bertz CT molecular complexity index is 457. The van der Waals surface area contributed by atoms with Crippen LogP contribution in [0.15, 0.2) is 18.2 Å². The zero-order chi connectivity index (χ0) is 15.8. The van der Waals surface area contributed by atoms with Crippen molar-refractivity contribution in [3.63, 3.8) is 0 Å². The van der Waals surface area contributed by atoms with Crippen molar-refractivity contribution in [3.8, 4) is 0 Å². The van der Waals surface area contributed by atoms with Crippen molar-refractivity contribution in [2.24, 2.45) is 0 Å². The fraction of sp³-hybridized carbons (Fsp3) is 0.588. The summed E-state index contributed by atoms with van der Waals surface area (Å²) in [7, 11) is 2.07. The Morgan fingerprint density at radius 2 is 2.00 bits per heavy atom. The average molecular weight is 291 g/mol. The monoisotopic (exact) mass is 291 g/mol. The van der Waals surface area contributed by atoms with Crippen molar-refractivity contribution < 1.29 is 4.79 Å². The van der Waals surface area contributed by atoms with Crippen LogP contribution in [0.5, 0.6) is 0 Å². The largest absolute Gasteiger partial charge is 0.384 e. The number of aryl methyl sites for hydroxylation is 1. The van der Waals surface area contributed by atoms with Crippen molar-refractivity contribution in [2.75, 3.05) is 32.0 Å². The van der Waals surface area contributed by atoms with Gasteiger partial charge in [-0.1, -0.05) is 18.6 Å². The number of carbonyl (C=O) groups is 1. The van der Waals surface area contributed by atoms with Crippen molar-refractivity contribution in [3.05, 3.63) is 29.3 Å². The van der Waals surface area contributed by atoms with Gasteiger partial charge in [-0.05, 0) is 46.4 Å². The number of nitrogens with zero attached hydrogens (tertiary/aromatic N) is 1. The highest BCUT2D eigenvalue weighted by Crippen LogP contribution is 2.17. The first kappa shape index (κ1) is 17.5. The Hall–Kier alpha value is -1.55. The maximum Gasteiger partial charge on any atom is 0.253 e. The lowest BCUT2D eigenvalue weighted by molar-refractivity contribution is 0.0948. The molecule has 0 saturated heterocycles. The number of anilines is 1. The first-order chi connectivity index (χ1) is 9.95. The molecule has 1 amide bonds. The van der Waals surface area contributed by atoms with E-state index >= 15 is 0 Å². The number of rotatable bonds is 8. The van der Waals surface area contributed by atoms with Gasteiger partial charge in [-0.25, -0.2) is 0 Å². The summed E-state index contributed by atoms with van der Waals surface area (Å²) in [6, 6.07) is 6.45. The highest BCUT2D eigenvalue weighted by Gasteiger charge is 2.11. The van der Waals surface area contributed by atoms with Gasteiger partial charge in [0.1, 0.15) is 0 Å². The second-order valence-corrected chi connectivity index (χ2v) is 5.81. The van der Waals surface area contributed by atoms with Gasteiger partial charge in [-0.3, -0.25) is 4.79 Å². The lowest BCUT2D eigenvalue weighted by Gasteiger charge is -2.21. The normalized spacial score (nSPS) is 11.0. The van der Waals surface area contributed by atoms with Crippen LogP contribution in [-0.2, 0) is 0 Å². The zero-order valence-electron chi connectivity index (χ0n) is 14.0. The Morgan fingerprint density at radius 1 is 1.29 bits per heavy atom. The number of benzene rings is 1. The van der Waals surface area contributed by atoms with Crippen LogP contribution in [0.1, 0.15) is 43.1 Å². The third-order valence-corrected chi connectivity index (χ3v) is 3.62. The number of likely N-dealkylation sites (N-methyl/N-ethyl adjacent to an activating group) is 1. The van der Waals surface area contributed by atoms with Crippen molar-refractivity contribution in [1.82, 2.24) is 10.2 Å². The van der Waals surface area contributed by atoms with E-state index < -0.39 is 0 Å². The van der Waals surface area contributed by atoms with Crippen molar-refractivity contribution in [2.45, 2.75) is 40.2 Å². The Labute approximate surface area is 128 Å². The molecule has 118 valence electrons. The van der Waals surface area contributed by atoms with Crippen LogP contribution in [-0.4, -0.2) is 43.5 Å². The van der Waals surface area contributed by atoms with E-state index in [0.29, 0.717) is 12.6 Å². The molecule has 0 fully saturated rings. The summed E-state index contributed by atoms with van der Waals surface area (Å²) < 4.78 is 0. The third-order valence-electron chi connectivity index (χ3n) is 3.62. The highest BCUT2D eigenvalue weighted by atomic mass is 16.1. The topological polar surface area (TPSA) is 44.4 Å². The van der Waals surface area contributed by atoms with Gasteiger partial charge in [0.05, 0.1) is 5.56 Å². The molecule has 21 heavy (non-hydrogen) atoms. The molecule has 0 radical (unpaired) electrons. The molecular formula is C17H29N3O. The first-order valence-corrected chi connectivity index (χ1v) is 7.78. The smallest absolute Gasteiger partial charge is 0.253 e. The summed E-state index contributed by atoms with van der Waals surface area (Å²) in [4.78, 5) is 14.6. The fourth-order valence-electron chi connectivity index (χ4n) is 1.96. The van der Waals surface area contributed by atoms with Crippen LogP contribution in [0.25, 0.3) is 0 Å². The molecule has 0 heterocycles. The van der Waals surface area contributed by atoms with E-state index in [0.717, 1.165) is 36.3 Å². The molecule has 2 N–H and O–H groups in total. The second-order valence-electron chi connectivity index (χ2n) is 5.81. The molecule has 0 saturated carbocycles. The summed E-state index contributed by atoms with van der Waals surface area (Å²) >= 11 is 0. The quantitative estimate of drug-likeness (QED) is 0.774. The molecule has 0 aliphatic heterocycles. The third kappa shape index (κ3) is 5.76. The molecule has 0 aromatic heterocycles. The van der Waals surface area contributed by atoms with E-state index in [4.69, 9.17) is 0 Å². The molecule has 0 unspecified atom stereocenters. The molecule has 1 aromatic carbocycles. The van der Waals surface area contributed by atoms with Gasteiger partial charge in [0, 0.05) is 31.4 Å². The molecule has 4 nitrogen and oxygen atoms in total. The molecule has 0 bridgehead atoms. The van der Waals surface area contributed by atoms with Crippen molar-refractivity contribution >= 4 is 11.6 Å². The van der Waals surface area contributed by atoms with E-state index in [2.05, 4.69) is 43.4 Å². The number of amides is 1. The molecule has 0 aliphatic carbocycles. The summed E-state index contributed by atoms with van der Waals surface area (Å²) in [5.74, 6) is -0.00513. The lowest BCUT2D eigenvalue weighted by atomic mass is 10.1. The number of hydrogen-bond donors (Lipinski definition) is 2. The average Bonchev–Trinajstić information content (AvgIpc) is 2.45. The predicted molar refractivity (Wildman–Crippen MR) is 90.1 cm³/mol. The van der Waals surface area contributed by atoms with E-state index in [-0.39, 0.29) is 5.91 Å². The van der Waals surface area contributed by atoms with Gasteiger partial charge in [0.15, 0.2) is 0 Å². The lowest BCUT2D eigenvalue weighted by Crippen LogP contribution is -2.36. The minimum absolute atomic E-state index is 0.00513. The second kappa shape index (κ2) is 8.67. The van der Waals surface area contributed by atoms with Gasteiger partial charge in [0.25, 0.3) is 5.91 Å². The summed E-state index contributed by atoms with van der Waals surface area (Å²) in [5, 5.41) is 6.33. The molecule has 0 aliphatic rings. The number of hydrogen-bond acceptors (Lipinski definition) is 3. The molecular weight excluding hydrogens is 262 g/mol. The van der Waals surface area contributed by atoms with Gasteiger partial charge in [-0.15, -0.1) is 0 Å². The van der Waals surface area contributed by atoms with Crippen LogP contribution in [0.4, 0.5) is 5.69 Å². The maximum atomic E-state index is 12.4. The van der Waals surface area contributed by atoms with Gasteiger partial charge in [0.2, 0.25) is 0 Å². The predicted octanol–water partition coefficient (Wildman–Crippen LogP) is 2.89.